The van der Waals surface area contributed by atoms with Crippen LogP contribution in [-0.4, -0.2) is 40.2 Å². The summed E-state index contributed by atoms with van der Waals surface area (Å²) in [5.41, 5.74) is 1.68. The largest absolute Gasteiger partial charge is 0.408 e. The van der Waals surface area contributed by atoms with Crippen LogP contribution in [0.2, 0.25) is 0 Å². The number of rotatable bonds is 2. The number of ether oxygens (including phenoxy) is 1. The molecule has 0 atom stereocenters. The Bertz CT molecular complexity index is 700. The van der Waals surface area contributed by atoms with Crippen LogP contribution in [0.4, 0.5) is 0 Å². The molecular weight excluding hydrogens is 338 g/mol. The lowest BCUT2D eigenvalue weighted by Gasteiger charge is -2.44. The van der Waals surface area contributed by atoms with Gasteiger partial charge < -0.3 is 4.74 Å². The number of thioether (sulfide) groups is 1. The zero-order valence-corrected chi connectivity index (χ0v) is 16.1. The highest BCUT2D eigenvalue weighted by Gasteiger charge is 2.60. The van der Waals surface area contributed by atoms with E-state index in [-0.39, 0.29) is 16.1 Å². The molecular formula is C19H25NO4S. The number of hydrogen-bond donors (Lipinski definition) is 0. The zero-order valence-electron chi connectivity index (χ0n) is 15.3. The van der Waals surface area contributed by atoms with Gasteiger partial charge in [-0.2, -0.15) is 0 Å². The van der Waals surface area contributed by atoms with Crippen molar-refractivity contribution in [3.63, 3.8) is 0 Å². The maximum absolute atomic E-state index is 12.7. The quantitative estimate of drug-likeness (QED) is 0.587. The van der Waals surface area contributed by atoms with Gasteiger partial charge in [0.25, 0.3) is 0 Å². The third kappa shape index (κ3) is 3.38. The van der Waals surface area contributed by atoms with E-state index in [9.17, 15) is 4.79 Å². The molecule has 2 saturated heterocycles. The summed E-state index contributed by atoms with van der Waals surface area (Å²) in [5, 5.41) is 0. The Balaban J connectivity index is 1.47. The first-order valence-corrected chi connectivity index (χ1v) is 9.67. The van der Waals surface area contributed by atoms with E-state index >= 15 is 0 Å². The molecule has 3 aliphatic rings. The molecule has 0 aliphatic carbocycles. The lowest BCUT2D eigenvalue weighted by Crippen LogP contribution is -2.52. The SMILES string of the molecule is Cc1ccc2c(c1)C(=O)CC1(CCN(C3(OC(C)(C)C)OO3)CC1)S2. The second-order valence-electron chi connectivity index (χ2n) is 8.28. The van der Waals surface area contributed by atoms with Crippen molar-refractivity contribution >= 4 is 17.5 Å². The third-order valence-corrected chi connectivity index (χ3v) is 6.53. The fourth-order valence-corrected chi connectivity index (χ4v) is 5.18. The topological polar surface area (TPSA) is 54.6 Å². The molecule has 0 amide bonds. The number of ketones is 1. The number of piperidine rings is 1. The van der Waals surface area contributed by atoms with E-state index in [0.717, 1.165) is 42.0 Å². The molecule has 0 N–H and O–H groups in total. The van der Waals surface area contributed by atoms with Gasteiger partial charge in [-0.15, -0.1) is 21.5 Å². The lowest BCUT2D eigenvalue weighted by atomic mass is 9.88. The summed E-state index contributed by atoms with van der Waals surface area (Å²) in [6.07, 6.45) is 1.41. The number of nitrogens with zero attached hydrogens (tertiary/aromatic N) is 1. The van der Waals surface area contributed by atoms with Gasteiger partial charge in [-0.05, 0) is 52.7 Å². The highest BCUT2D eigenvalue weighted by atomic mass is 32.2. The summed E-state index contributed by atoms with van der Waals surface area (Å²) in [4.78, 5) is 26.3. The Kier molecular flexibility index (Phi) is 4.05. The summed E-state index contributed by atoms with van der Waals surface area (Å²) in [6, 6.07) is 6.20. The number of carbonyl (C=O) groups excluding carboxylic acids is 1. The molecule has 3 heterocycles. The van der Waals surface area contributed by atoms with E-state index < -0.39 is 6.10 Å². The van der Waals surface area contributed by atoms with Crippen molar-refractivity contribution in [3.05, 3.63) is 29.3 Å². The third-order valence-electron chi connectivity index (χ3n) is 4.97. The molecule has 136 valence electrons. The van der Waals surface area contributed by atoms with Crippen molar-refractivity contribution in [2.45, 2.75) is 68.3 Å². The summed E-state index contributed by atoms with van der Waals surface area (Å²) in [6.45, 7) is 9.57. The molecule has 4 rings (SSSR count). The maximum Gasteiger partial charge on any atom is 0.408 e. The molecule has 0 radical (unpaired) electrons. The molecule has 25 heavy (non-hydrogen) atoms. The van der Waals surface area contributed by atoms with Crippen molar-refractivity contribution in [2.75, 3.05) is 13.1 Å². The second-order valence-corrected chi connectivity index (χ2v) is 9.79. The van der Waals surface area contributed by atoms with E-state index in [0.29, 0.717) is 6.42 Å². The normalized spacial score (nSPS) is 25.0. The molecule has 6 heteroatoms. The van der Waals surface area contributed by atoms with Crippen LogP contribution < -0.4 is 0 Å². The Morgan fingerprint density at radius 1 is 1.20 bits per heavy atom. The maximum atomic E-state index is 12.7. The van der Waals surface area contributed by atoms with Crippen molar-refractivity contribution in [2.24, 2.45) is 0 Å². The molecule has 2 fully saturated rings. The monoisotopic (exact) mass is 363 g/mol. The van der Waals surface area contributed by atoms with Gasteiger partial charge in [0.15, 0.2) is 5.78 Å². The van der Waals surface area contributed by atoms with Gasteiger partial charge in [-0.3, -0.25) is 4.79 Å². The minimum atomic E-state index is -1.03. The van der Waals surface area contributed by atoms with Crippen LogP contribution in [0.3, 0.4) is 0 Å². The minimum absolute atomic E-state index is 0.0202. The van der Waals surface area contributed by atoms with E-state index in [4.69, 9.17) is 14.5 Å². The summed E-state index contributed by atoms with van der Waals surface area (Å²) < 4.78 is 5.93. The first kappa shape index (κ1) is 17.5. The summed E-state index contributed by atoms with van der Waals surface area (Å²) in [7, 11) is 0. The molecule has 3 aliphatic heterocycles. The Morgan fingerprint density at radius 2 is 1.88 bits per heavy atom. The van der Waals surface area contributed by atoms with Crippen LogP contribution in [0.15, 0.2) is 23.1 Å². The first-order valence-electron chi connectivity index (χ1n) is 8.85. The van der Waals surface area contributed by atoms with Crippen LogP contribution in [0.5, 0.6) is 0 Å². The predicted octanol–water partition coefficient (Wildman–Crippen LogP) is 3.90. The average Bonchev–Trinajstić information content (AvgIpc) is 3.27. The van der Waals surface area contributed by atoms with E-state index in [1.807, 2.05) is 45.5 Å². The van der Waals surface area contributed by atoms with Crippen LogP contribution in [-0.2, 0) is 14.5 Å². The second kappa shape index (κ2) is 5.79. The number of carbonyl (C=O) groups is 1. The van der Waals surface area contributed by atoms with E-state index in [1.54, 1.807) is 0 Å². The van der Waals surface area contributed by atoms with Crippen molar-refractivity contribution in [3.8, 4) is 0 Å². The highest BCUT2D eigenvalue weighted by Crippen LogP contribution is 2.51. The molecule has 1 spiro atoms. The molecule has 0 aromatic heterocycles. The highest BCUT2D eigenvalue weighted by molar-refractivity contribution is 8.01. The van der Waals surface area contributed by atoms with Crippen LogP contribution >= 0.6 is 11.8 Å². The number of Topliss-reactive ketones (excluding diaryl/α,β-unsaturated/α-hetero) is 1. The van der Waals surface area contributed by atoms with Gasteiger partial charge in [0.2, 0.25) is 0 Å². The standard InChI is InChI=1S/C19H25NO4S/c1-13-5-6-16-14(11-13)15(21)12-18(25-16)7-9-20(10-8-18)19(23-24-19)22-17(2,3)4/h5-6,11H,7-10,12H2,1-4H3. The van der Waals surface area contributed by atoms with Gasteiger partial charge in [-0.25, -0.2) is 4.90 Å². The number of hydrogen-bond acceptors (Lipinski definition) is 6. The fraction of sp³-hybridized carbons (Fsp3) is 0.632. The van der Waals surface area contributed by atoms with Crippen molar-refractivity contribution in [1.29, 1.82) is 0 Å². The Morgan fingerprint density at radius 3 is 2.48 bits per heavy atom. The van der Waals surface area contributed by atoms with Crippen molar-refractivity contribution < 1.29 is 19.3 Å². The minimum Gasteiger partial charge on any atom is -0.305 e. The Hall–Kier alpha value is -0.920. The van der Waals surface area contributed by atoms with Crippen LogP contribution in [0.1, 0.15) is 56.0 Å². The Labute approximate surface area is 152 Å². The van der Waals surface area contributed by atoms with E-state index in [1.165, 1.54) is 0 Å². The lowest BCUT2D eigenvalue weighted by molar-refractivity contribution is -0.225. The number of fused-ring (bicyclic) bond motifs is 1. The number of aryl methyl sites for hydroxylation is 1. The first-order chi connectivity index (χ1) is 11.7. The molecule has 0 saturated carbocycles. The smallest absolute Gasteiger partial charge is 0.305 e. The van der Waals surface area contributed by atoms with Gasteiger partial charge in [-0.1, -0.05) is 11.6 Å². The molecule has 1 aromatic rings. The average molecular weight is 363 g/mol. The van der Waals surface area contributed by atoms with Gasteiger partial charge >= 0.3 is 6.10 Å². The van der Waals surface area contributed by atoms with Gasteiger partial charge in [0, 0.05) is 34.7 Å². The number of likely N-dealkylation sites (tertiary alicyclic amines) is 1. The summed E-state index contributed by atoms with van der Waals surface area (Å²) >= 11 is 1.87. The molecule has 1 aromatic carbocycles. The van der Waals surface area contributed by atoms with Gasteiger partial charge in [0.1, 0.15) is 0 Å². The van der Waals surface area contributed by atoms with Gasteiger partial charge in [0.05, 0.1) is 5.60 Å². The number of benzene rings is 1. The summed E-state index contributed by atoms with van der Waals surface area (Å²) in [5.74, 6) is 0.269. The molecule has 5 nitrogen and oxygen atoms in total. The fourth-order valence-electron chi connectivity index (χ4n) is 3.70. The molecule has 0 bridgehead atoms. The van der Waals surface area contributed by atoms with Crippen LogP contribution in [0, 0.1) is 6.92 Å². The van der Waals surface area contributed by atoms with E-state index in [2.05, 4.69) is 17.0 Å². The van der Waals surface area contributed by atoms with Crippen LogP contribution in [0.25, 0.3) is 0 Å². The zero-order chi connectivity index (χ0) is 17.9. The molecule has 0 unspecified atom stereocenters. The van der Waals surface area contributed by atoms with Crippen molar-refractivity contribution in [1.82, 2.24) is 4.90 Å². The predicted molar refractivity (Wildman–Crippen MR) is 95.3 cm³/mol.